The molecule has 0 spiro atoms. The van der Waals surface area contributed by atoms with Crippen LogP contribution in [-0.4, -0.2) is 30.9 Å². The van der Waals surface area contributed by atoms with Gasteiger partial charge in [-0.3, -0.25) is 0 Å². The van der Waals surface area contributed by atoms with Gasteiger partial charge in [0.15, 0.2) is 0 Å². The van der Waals surface area contributed by atoms with Crippen molar-refractivity contribution in [3.05, 3.63) is 71.8 Å². The monoisotopic (exact) mass is 426 g/mol. The molecule has 1 saturated heterocycles. The number of alkyl halides is 1. The van der Waals surface area contributed by atoms with Crippen LogP contribution in [0, 0.1) is 0 Å². The Kier molecular flexibility index (Phi) is 6.11. The Hall–Kier alpha value is -0.641. The van der Waals surface area contributed by atoms with Gasteiger partial charge in [-0.2, -0.15) is 0 Å². The number of benzene rings is 2. The molecular weight excluding hydrogens is 407 g/mol. The number of hydrogen-bond donors (Lipinski definition) is 0. The summed E-state index contributed by atoms with van der Waals surface area (Å²) < 4.78 is 12.7. The van der Waals surface area contributed by atoms with E-state index in [0.29, 0.717) is 31.9 Å². The molecule has 0 aromatic heterocycles. The van der Waals surface area contributed by atoms with Crippen LogP contribution < -0.4 is 0 Å². The van der Waals surface area contributed by atoms with E-state index < -0.39 is 0 Å². The van der Waals surface area contributed by atoms with Crippen molar-refractivity contribution in [3.8, 4) is 0 Å². The van der Waals surface area contributed by atoms with Gasteiger partial charge in [0.2, 0.25) is 0 Å². The van der Waals surface area contributed by atoms with E-state index in [1.165, 1.54) is 11.1 Å². The Morgan fingerprint density at radius 1 is 0.864 bits per heavy atom. The summed E-state index contributed by atoms with van der Waals surface area (Å²) in [6.07, 6.45) is 0.331. The molecular formula is C18H19BrO2Se. The van der Waals surface area contributed by atoms with Gasteiger partial charge >= 0.3 is 147 Å². The van der Waals surface area contributed by atoms with Gasteiger partial charge < -0.3 is 0 Å². The molecule has 3 atom stereocenters. The molecule has 22 heavy (non-hydrogen) atoms. The zero-order valence-electron chi connectivity index (χ0n) is 12.2. The first-order valence-corrected chi connectivity index (χ1v) is 10.5. The van der Waals surface area contributed by atoms with Gasteiger partial charge in [0, 0.05) is 0 Å². The molecule has 1 aliphatic rings. The first-order chi connectivity index (χ1) is 10.8. The minimum atomic E-state index is 0.143. The number of halogens is 1. The SMILES string of the molecule is BrC1[Se]C[C@H](OCc2ccccc2)[C@H]1OCc1ccccc1. The summed E-state index contributed by atoms with van der Waals surface area (Å²) in [7, 11) is 0. The summed E-state index contributed by atoms with van der Waals surface area (Å²) in [6.45, 7) is 1.31. The summed E-state index contributed by atoms with van der Waals surface area (Å²) in [4.78, 5) is 0. The molecule has 1 unspecified atom stereocenters. The molecule has 0 saturated carbocycles. The van der Waals surface area contributed by atoms with Crippen molar-refractivity contribution in [2.75, 3.05) is 0 Å². The van der Waals surface area contributed by atoms with Crippen molar-refractivity contribution in [1.29, 1.82) is 0 Å². The second-order valence-corrected chi connectivity index (χ2v) is 10.1. The summed E-state index contributed by atoms with van der Waals surface area (Å²) in [5.74, 6) is 0. The minimum absolute atomic E-state index is 0.143. The average molecular weight is 426 g/mol. The fourth-order valence-electron chi connectivity index (χ4n) is 2.42. The van der Waals surface area contributed by atoms with Gasteiger partial charge in [0.25, 0.3) is 0 Å². The fraction of sp³-hybridized carbons (Fsp3) is 0.333. The molecule has 1 fully saturated rings. The molecule has 1 heterocycles. The third-order valence-electron chi connectivity index (χ3n) is 3.64. The van der Waals surface area contributed by atoms with Crippen molar-refractivity contribution in [1.82, 2.24) is 0 Å². The molecule has 2 aromatic carbocycles. The number of rotatable bonds is 6. The fourth-order valence-corrected chi connectivity index (χ4v) is 6.02. The van der Waals surface area contributed by atoms with E-state index in [9.17, 15) is 0 Å². The van der Waals surface area contributed by atoms with Crippen LogP contribution in [0.15, 0.2) is 60.7 Å². The average Bonchev–Trinajstić information content (AvgIpc) is 2.93. The van der Waals surface area contributed by atoms with Crippen molar-refractivity contribution in [2.24, 2.45) is 0 Å². The number of hydrogen-bond acceptors (Lipinski definition) is 2. The molecule has 0 amide bonds. The molecule has 2 aromatic rings. The second-order valence-electron chi connectivity index (χ2n) is 5.28. The predicted molar refractivity (Wildman–Crippen MR) is 93.3 cm³/mol. The molecule has 0 aliphatic carbocycles. The molecule has 0 N–H and O–H groups in total. The second kappa shape index (κ2) is 8.28. The maximum absolute atomic E-state index is 6.15. The Morgan fingerprint density at radius 2 is 1.41 bits per heavy atom. The van der Waals surface area contributed by atoms with Crippen molar-refractivity contribution in [2.45, 2.75) is 34.5 Å². The van der Waals surface area contributed by atoms with E-state index in [-0.39, 0.29) is 12.2 Å². The summed E-state index contributed by atoms with van der Waals surface area (Å²) in [6, 6.07) is 20.7. The molecule has 0 radical (unpaired) electrons. The summed E-state index contributed by atoms with van der Waals surface area (Å²) in [5, 5.41) is 1.11. The van der Waals surface area contributed by atoms with E-state index in [2.05, 4.69) is 40.2 Å². The van der Waals surface area contributed by atoms with Crippen LogP contribution in [0.1, 0.15) is 11.1 Å². The van der Waals surface area contributed by atoms with Crippen molar-refractivity contribution >= 4 is 30.9 Å². The molecule has 116 valence electrons. The van der Waals surface area contributed by atoms with Crippen LogP contribution in [0.3, 0.4) is 0 Å². The quantitative estimate of drug-likeness (QED) is 0.514. The standard InChI is InChI=1S/C18H19BrO2Se/c19-18-17(21-12-15-9-5-2-6-10-15)16(13-22-18)20-11-14-7-3-1-4-8-14/h1-10,16-18H,11-13H2/t16-,17+,18?/m0/s1. The Balaban J connectivity index is 1.54. The molecule has 3 rings (SSSR count). The Bertz CT molecular complexity index is 564. The van der Waals surface area contributed by atoms with E-state index in [1.54, 1.807) is 0 Å². The van der Waals surface area contributed by atoms with Gasteiger partial charge in [-0.1, -0.05) is 0 Å². The van der Waals surface area contributed by atoms with Crippen LogP contribution in [0.2, 0.25) is 5.32 Å². The third kappa shape index (κ3) is 4.43. The van der Waals surface area contributed by atoms with Gasteiger partial charge in [0.1, 0.15) is 0 Å². The Morgan fingerprint density at radius 3 is 2.00 bits per heavy atom. The first-order valence-electron chi connectivity index (χ1n) is 7.39. The van der Waals surface area contributed by atoms with E-state index in [0.717, 1.165) is 5.32 Å². The Labute approximate surface area is 146 Å². The van der Waals surface area contributed by atoms with E-state index in [1.807, 2.05) is 36.4 Å². The molecule has 1 aliphatic heterocycles. The zero-order valence-corrected chi connectivity index (χ0v) is 15.5. The van der Waals surface area contributed by atoms with Gasteiger partial charge in [0.05, 0.1) is 0 Å². The molecule has 4 heteroatoms. The zero-order chi connectivity index (χ0) is 15.2. The first kappa shape index (κ1) is 16.2. The van der Waals surface area contributed by atoms with Crippen LogP contribution in [0.25, 0.3) is 0 Å². The van der Waals surface area contributed by atoms with Crippen LogP contribution >= 0.6 is 15.9 Å². The van der Waals surface area contributed by atoms with Gasteiger partial charge in [-0.15, -0.1) is 0 Å². The summed E-state index contributed by atoms with van der Waals surface area (Å²) >= 11 is 4.30. The van der Waals surface area contributed by atoms with E-state index in [4.69, 9.17) is 9.47 Å². The normalized spacial score (nSPS) is 24.5. The number of ether oxygens (including phenoxy) is 2. The maximum atomic E-state index is 6.15. The predicted octanol–water partition coefficient (Wildman–Crippen LogP) is 4.01. The van der Waals surface area contributed by atoms with Gasteiger partial charge in [-0.25, -0.2) is 0 Å². The van der Waals surface area contributed by atoms with Gasteiger partial charge in [-0.05, 0) is 0 Å². The van der Waals surface area contributed by atoms with Crippen LogP contribution in [-0.2, 0) is 22.7 Å². The van der Waals surface area contributed by atoms with Crippen LogP contribution in [0.4, 0.5) is 0 Å². The summed E-state index contributed by atoms with van der Waals surface area (Å²) in [5.41, 5.74) is 2.43. The van der Waals surface area contributed by atoms with Crippen molar-refractivity contribution in [3.63, 3.8) is 0 Å². The molecule has 2 nitrogen and oxygen atoms in total. The third-order valence-corrected chi connectivity index (χ3v) is 7.86. The van der Waals surface area contributed by atoms with E-state index >= 15 is 0 Å². The molecule has 0 bridgehead atoms. The van der Waals surface area contributed by atoms with Crippen LogP contribution in [0.5, 0.6) is 0 Å². The topological polar surface area (TPSA) is 18.5 Å². The van der Waals surface area contributed by atoms with Crippen molar-refractivity contribution < 1.29 is 9.47 Å².